The third-order valence-corrected chi connectivity index (χ3v) is 2.71. The van der Waals surface area contributed by atoms with Crippen LogP contribution in [0.15, 0.2) is 18.2 Å². The van der Waals surface area contributed by atoms with E-state index in [1.54, 1.807) is 0 Å². The summed E-state index contributed by atoms with van der Waals surface area (Å²) in [6.45, 7) is 7.55. The van der Waals surface area contributed by atoms with E-state index in [9.17, 15) is 0 Å². The van der Waals surface area contributed by atoms with Gasteiger partial charge >= 0.3 is 0 Å². The number of anilines is 1. The lowest BCUT2D eigenvalue weighted by Gasteiger charge is -2.09. The molecule has 0 radical (unpaired) electrons. The monoisotopic (exact) mass is 225 g/mol. The van der Waals surface area contributed by atoms with Crippen LogP contribution in [0.1, 0.15) is 32.3 Å². The standard InChI is InChI=1S/C13H20ClN/c1-10(2)5-4-8-15-13-7-6-11(3)9-12(13)14/h6-7,9-10,15H,4-5,8H2,1-3H3. The lowest BCUT2D eigenvalue weighted by molar-refractivity contribution is 0.567. The van der Waals surface area contributed by atoms with E-state index in [-0.39, 0.29) is 0 Å². The molecule has 0 bridgehead atoms. The van der Waals surface area contributed by atoms with Crippen LogP contribution in [0.25, 0.3) is 0 Å². The summed E-state index contributed by atoms with van der Waals surface area (Å²) in [6.07, 6.45) is 2.46. The molecule has 0 aliphatic heterocycles. The molecule has 15 heavy (non-hydrogen) atoms. The van der Waals surface area contributed by atoms with Gasteiger partial charge in [0.15, 0.2) is 0 Å². The fourth-order valence-electron chi connectivity index (χ4n) is 1.50. The van der Waals surface area contributed by atoms with Gasteiger partial charge in [0.25, 0.3) is 0 Å². The fraction of sp³-hybridized carbons (Fsp3) is 0.538. The Morgan fingerprint density at radius 1 is 1.33 bits per heavy atom. The molecule has 0 amide bonds. The summed E-state index contributed by atoms with van der Waals surface area (Å²) >= 11 is 6.11. The number of hydrogen-bond acceptors (Lipinski definition) is 1. The zero-order valence-electron chi connectivity index (χ0n) is 9.81. The molecule has 1 aromatic rings. The van der Waals surface area contributed by atoms with Gasteiger partial charge in [0.1, 0.15) is 0 Å². The minimum absolute atomic E-state index is 0.778. The van der Waals surface area contributed by atoms with Crippen molar-refractivity contribution in [3.8, 4) is 0 Å². The zero-order valence-corrected chi connectivity index (χ0v) is 10.6. The Bertz CT molecular complexity index is 307. The highest BCUT2D eigenvalue weighted by Gasteiger charge is 1.99. The summed E-state index contributed by atoms with van der Waals surface area (Å²) in [4.78, 5) is 0. The third kappa shape index (κ3) is 4.57. The van der Waals surface area contributed by atoms with Crippen LogP contribution >= 0.6 is 11.6 Å². The molecule has 0 saturated carbocycles. The number of benzene rings is 1. The minimum atomic E-state index is 0.778. The molecule has 0 unspecified atom stereocenters. The van der Waals surface area contributed by atoms with Crippen LogP contribution in [0, 0.1) is 12.8 Å². The van der Waals surface area contributed by atoms with Gasteiger partial charge < -0.3 is 5.32 Å². The Hall–Kier alpha value is -0.690. The Morgan fingerprint density at radius 3 is 2.67 bits per heavy atom. The summed E-state index contributed by atoms with van der Waals surface area (Å²) in [6, 6.07) is 6.12. The van der Waals surface area contributed by atoms with E-state index in [2.05, 4.69) is 32.2 Å². The maximum Gasteiger partial charge on any atom is 0.0640 e. The van der Waals surface area contributed by atoms with E-state index < -0.39 is 0 Å². The van der Waals surface area contributed by atoms with Crippen molar-refractivity contribution in [3.05, 3.63) is 28.8 Å². The third-order valence-electron chi connectivity index (χ3n) is 2.40. The molecule has 0 aromatic heterocycles. The van der Waals surface area contributed by atoms with Gasteiger partial charge in [-0.3, -0.25) is 0 Å². The van der Waals surface area contributed by atoms with Crippen molar-refractivity contribution in [2.45, 2.75) is 33.6 Å². The van der Waals surface area contributed by atoms with Crippen LogP contribution in [0.3, 0.4) is 0 Å². The first-order valence-corrected chi connectivity index (χ1v) is 5.97. The van der Waals surface area contributed by atoms with Crippen molar-refractivity contribution in [1.29, 1.82) is 0 Å². The van der Waals surface area contributed by atoms with Gasteiger partial charge in [-0.2, -0.15) is 0 Å². The van der Waals surface area contributed by atoms with Crippen molar-refractivity contribution in [2.75, 3.05) is 11.9 Å². The van der Waals surface area contributed by atoms with Crippen LogP contribution in [-0.4, -0.2) is 6.54 Å². The van der Waals surface area contributed by atoms with Crippen LogP contribution in [-0.2, 0) is 0 Å². The lowest BCUT2D eigenvalue weighted by Crippen LogP contribution is -2.03. The van der Waals surface area contributed by atoms with E-state index in [0.29, 0.717) is 0 Å². The van der Waals surface area contributed by atoms with Gasteiger partial charge in [0.2, 0.25) is 0 Å². The SMILES string of the molecule is Cc1ccc(NCCCC(C)C)c(Cl)c1. The molecule has 0 aliphatic carbocycles. The van der Waals surface area contributed by atoms with E-state index in [1.807, 2.05) is 12.1 Å². The maximum absolute atomic E-state index is 6.11. The summed E-state index contributed by atoms with van der Waals surface area (Å²) in [7, 11) is 0. The second kappa shape index (κ2) is 6.02. The number of aryl methyl sites for hydroxylation is 1. The van der Waals surface area contributed by atoms with E-state index in [4.69, 9.17) is 11.6 Å². The Balaban J connectivity index is 2.37. The first-order chi connectivity index (χ1) is 7.09. The number of nitrogens with one attached hydrogen (secondary N) is 1. The Kier molecular flexibility index (Phi) is 4.97. The molecule has 0 saturated heterocycles. The Morgan fingerprint density at radius 2 is 2.07 bits per heavy atom. The van der Waals surface area contributed by atoms with E-state index >= 15 is 0 Å². The molecule has 0 heterocycles. The molecule has 84 valence electrons. The normalized spacial score (nSPS) is 10.7. The molecule has 1 nitrogen and oxygen atoms in total. The molecule has 1 aromatic carbocycles. The van der Waals surface area contributed by atoms with Gasteiger partial charge in [-0.05, 0) is 43.4 Å². The summed E-state index contributed by atoms with van der Waals surface area (Å²) in [5.74, 6) is 0.778. The molecule has 1 rings (SSSR count). The molecular weight excluding hydrogens is 206 g/mol. The second-order valence-electron chi connectivity index (χ2n) is 4.45. The summed E-state index contributed by atoms with van der Waals surface area (Å²) in [5.41, 5.74) is 2.25. The van der Waals surface area contributed by atoms with Gasteiger partial charge in [-0.25, -0.2) is 0 Å². The number of halogens is 1. The molecule has 1 N–H and O–H groups in total. The fourth-order valence-corrected chi connectivity index (χ4v) is 1.80. The van der Waals surface area contributed by atoms with Gasteiger partial charge in [-0.15, -0.1) is 0 Å². The van der Waals surface area contributed by atoms with E-state index in [1.165, 1.54) is 18.4 Å². The Labute approximate surface area is 97.8 Å². The molecule has 2 heteroatoms. The number of rotatable bonds is 5. The largest absolute Gasteiger partial charge is 0.384 e. The zero-order chi connectivity index (χ0) is 11.3. The molecule has 0 aliphatic rings. The quantitative estimate of drug-likeness (QED) is 0.728. The molecule has 0 atom stereocenters. The highest BCUT2D eigenvalue weighted by Crippen LogP contribution is 2.22. The minimum Gasteiger partial charge on any atom is -0.384 e. The van der Waals surface area contributed by atoms with Crippen LogP contribution in [0.2, 0.25) is 5.02 Å². The molecule has 0 spiro atoms. The predicted molar refractivity (Wildman–Crippen MR) is 68.8 cm³/mol. The predicted octanol–water partition coefficient (Wildman–Crippen LogP) is 4.50. The van der Waals surface area contributed by atoms with E-state index in [0.717, 1.165) is 23.2 Å². The van der Waals surface area contributed by atoms with Crippen molar-refractivity contribution in [1.82, 2.24) is 0 Å². The first kappa shape index (κ1) is 12.4. The molecular formula is C13H20ClN. The summed E-state index contributed by atoms with van der Waals surface area (Å²) < 4.78 is 0. The van der Waals surface area contributed by atoms with Crippen LogP contribution < -0.4 is 5.32 Å². The second-order valence-corrected chi connectivity index (χ2v) is 4.85. The van der Waals surface area contributed by atoms with Crippen molar-refractivity contribution >= 4 is 17.3 Å². The van der Waals surface area contributed by atoms with Gasteiger partial charge in [-0.1, -0.05) is 31.5 Å². The van der Waals surface area contributed by atoms with Gasteiger partial charge in [0, 0.05) is 6.54 Å². The van der Waals surface area contributed by atoms with Crippen LogP contribution in [0.4, 0.5) is 5.69 Å². The van der Waals surface area contributed by atoms with Crippen LogP contribution in [0.5, 0.6) is 0 Å². The van der Waals surface area contributed by atoms with Crippen molar-refractivity contribution < 1.29 is 0 Å². The lowest BCUT2D eigenvalue weighted by atomic mass is 10.1. The van der Waals surface area contributed by atoms with Gasteiger partial charge in [0.05, 0.1) is 10.7 Å². The maximum atomic E-state index is 6.11. The molecule has 0 fully saturated rings. The van der Waals surface area contributed by atoms with Crippen molar-refractivity contribution in [2.24, 2.45) is 5.92 Å². The first-order valence-electron chi connectivity index (χ1n) is 5.59. The average molecular weight is 226 g/mol. The highest BCUT2D eigenvalue weighted by atomic mass is 35.5. The average Bonchev–Trinajstić information content (AvgIpc) is 2.14. The smallest absolute Gasteiger partial charge is 0.0640 e. The topological polar surface area (TPSA) is 12.0 Å². The summed E-state index contributed by atoms with van der Waals surface area (Å²) in [5, 5.41) is 4.18. The van der Waals surface area contributed by atoms with Crippen molar-refractivity contribution in [3.63, 3.8) is 0 Å². The highest BCUT2D eigenvalue weighted by molar-refractivity contribution is 6.33. The number of hydrogen-bond donors (Lipinski definition) is 1.